The van der Waals surface area contributed by atoms with E-state index in [4.69, 9.17) is 0 Å². The second kappa shape index (κ2) is 3.77. The molecule has 0 atom stereocenters. The van der Waals surface area contributed by atoms with Gasteiger partial charge in [-0.3, -0.25) is 4.98 Å². The molecule has 0 spiro atoms. The van der Waals surface area contributed by atoms with Crippen LogP contribution in [0.15, 0.2) is 22.7 Å². The Hall–Kier alpha value is -0.160. The Balaban J connectivity index is 2.92. The number of pyridine rings is 1. The zero-order chi connectivity index (χ0) is 10.3. The van der Waals surface area contributed by atoms with Crippen molar-refractivity contribution in [2.24, 2.45) is 0 Å². The zero-order valence-corrected chi connectivity index (χ0v) is 11.7. The van der Waals surface area contributed by atoms with Crippen LogP contribution in [0.1, 0.15) is 11.3 Å². The van der Waals surface area contributed by atoms with E-state index in [9.17, 15) is 0 Å². The minimum atomic E-state index is 1.06. The van der Waals surface area contributed by atoms with Crippen molar-refractivity contribution in [1.82, 2.24) is 4.98 Å². The summed E-state index contributed by atoms with van der Waals surface area (Å²) in [5.41, 5.74) is 3.40. The van der Waals surface area contributed by atoms with E-state index in [2.05, 4.69) is 68.6 Å². The van der Waals surface area contributed by atoms with Crippen molar-refractivity contribution in [3.8, 4) is 0 Å². The fourth-order valence-electron chi connectivity index (χ4n) is 1.43. The molecular formula is C11H9BrIN. The molecule has 2 rings (SSSR count). The van der Waals surface area contributed by atoms with Crippen molar-refractivity contribution in [3.05, 3.63) is 37.5 Å². The highest BCUT2D eigenvalue weighted by molar-refractivity contribution is 14.1. The summed E-state index contributed by atoms with van der Waals surface area (Å²) in [5, 5.41) is 1.19. The molecule has 0 fully saturated rings. The van der Waals surface area contributed by atoms with Gasteiger partial charge < -0.3 is 0 Å². The Labute approximate surface area is 105 Å². The van der Waals surface area contributed by atoms with Crippen molar-refractivity contribution in [2.45, 2.75) is 13.8 Å². The van der Waals surface area contributed by atoms with Crippen LogP contribution in [-0.2, 0) is 0 Å². The molecule has 0 radical (unpaired) electrons. The molecule has 1 heterocycles. The van der Waals surface area contributed by atoms with Gasteiger partial charge in [0, 0.05) is 13.4 Å². The number of rotatable bonds is 0. The normalized spacial score (nSPS) is 10.9. The molecule has 0 bridgehead atoms. The van der Waals surface area contributed by atoms with Gasteiger partial charge in [0.2, 0.25) is 0 Å². The maximum atomic E-state index is 4.54. The molecule has 0 amide bonds. The van der Waals surface area contributed by atoms with Gasteiger partial charge in [0.25, 0.3) is 0 Å². The molecule has 1 aromatic carbocycles. The number of hydrogen-bond donors (Lipinski definition) is 0. The first-order chi connectivity index (χ1) is 6.59. The van der Waals surface area contributed by atoms with Crippen molar-refractivity contribution < 1.29 is 0 Å². The van der Waals surface area contributed by atoms with Crippen LogP contribution in [-0.4, -0.2) is 4.98 Å². The Morgan fingerprint density at radius 1 is 1.29 bits per heavy atom. The topological polar surface area (TPSA) is 12.9 Å². The Kier molecular flexibility index (Phi) is 2.79. The summed E-state index contributed by atoms with van der Waals surface area (Å²) in [7, 11) is 0. The summed E-state index contributed by atoms with van der Waals surface area (Å²) < 4.78 is 2.35. The van der Waals surface area contributed by atoms with Crippen molar-refractivity contribution >= 4 is 49.4 Å². The van der Waals surface area contributed by atoms with Crippen LogP contribution < -0.4 is 0 Å². The fourth-order valence-corrected chi connectivity index (χ4v) is 2.45. The Bertz CT molecular complexity index is 508. The number of hydrogen-bond acceptors (Lipinski definition) is 1. The summed E-state index contributed by atoms with van der Waals surface area (Å²) in [6, 6.07) is 6.32. The van der Waals surface area contributed by atoms with E-state index >= 15 is 0 Å². The van der Waals surface area contributed by atoms with Gasteiger partial charge in [-0.2, -0.15) is 0 Å². The van der Waals surface area contributed by atoms with E-state index in [-0.39, 0.29) is 0 Å². The first-order valence-corrected chi connectivity index (χ1v) is 6.18. The van der Waals surface area contributed by atoms with Gasteiger partial charge in [0.05, 0.1) is 11.2 Å². The van der Waals surface area contributed by atoms with Crippen LogP contribution in [0.25, 0.3) is 10.9 Å². The van der Waals surface area contributed by atoms with Crippen LogP contribution in [0.2, 0.25) is 0 Å². The summed E-state index contributed by atoms with van der Waals surface area (Å²) in [4.78, 5) is 4.54. The summed E-state index contributed by atoms with van der Waals surface area (Å²) in [6.45, 7) is 4.13. The fraction of sp³-hybridized carbons (Fsp3) is 0.182. The largest absolute Gasteiger partial charge is 0.252 e. The highest BCUT2D eigenvalue weighted by Gasteiger charge is 2.07. The number of halogens is 2. The molecule has 0 aliphatic carbocycles. The highest BCUT2D eigenvalue weighted by Crippen LogP contribution is 2.29. The van der Waals surface area contributed by atoms with Gasteiger partial charge in [-0.05, 0) is 64.5 Å². The maximum absolute atomic E-state index is 4.54. The predicted octanol–water partition coefficient (Wildman–Crippen LogP) is 4.22. The minimum Gasteiger partial charge on any atom is -0.252 e. The first kappa shape index (κ1) is 10.4. The van der Waals surface area contributed by atoms with Gasteiger partial charge in [-0.25, -0.2) is 0 Å². The monoisotopic (exact) mass is 361 g/mol. The average Bonchev–Trinajstić information content (AvgIpc) is 2.16. The van der Waals surface area contributed by atoms with E-state index in [0.717, 1.165) is 15.7 Å². The van der Waals surface area contributed by atoms with Crippen LogP contribution in [0.3, 0.4) is 0 Å². The average molecular weight is 362 g/mol. The van der Waals surface area contributed by atoms with Crippen LogP contribution in [0.4, 0.5) is 0 Å². The maximum Gasteiger partial charge on any atom is 0.0717 e. The van der Waals surface area contributed by atoms with Gasteiger partial charge in [0.15, 0.2) is 0 Å². The molecule has 0 saturated heterocycles. The number of nitrogens with zero attached hydrogens (tertiary/aromatic N) is 1. The molecule has 0 N–H and O–H groups in total. The molecule has 1 aromatic heterocycles. The lowest BCUT2D eigenvalue weighted by molar-refractivity contribution is 1.22. The van der Waals surface area contributed by atoms with Crippen molar-refractivity contribution in [3.63, 3.8) is 0 Å². The number of aryl methyl sites for hydroxylation is 2. The van der Waals surface area contributed by atoms with Crippen LogP contribution >= 0.6 is 38.5 Å². The second-order valence-corrected chi connectivity index (χ2v) is 5.22. The van der Waals surface area contributed by atoms with Crippen molar-refractivity contribution in [2.75, 3.05) is 0 Å². The minimum absolute atomic E-state index is 1.06. The molecule has 1 nitrogen and oxygen atoms in total. The second-order valence-electron chi connectivity index (χ2n) is 3.35. The third-order valence-corrected chi connectivity index (χ3v) is 5.07. The van der Waals surface area contributed by atoms with Crippen LogP contribution in [0.5, 0.6) is 0 Å². The van der Waals surface area contributed by atoms with E-state index in [1.165, 1.54) is 14.5 Å². The van der Waals surface area contributed by atoms with Gasteiger partial charge in [-0.1, -0.05) is 11.6 Å². The van der Waals surface area contributed by atoms with Gasteiger partial charge in [0.1, 0.15) is 0 Å². The quantitative estimate of drug-likeness (QED) is 0.640. The number of fused-ring (bicyclic) bond motifs is 1. The molecule has 3 heteroatoms. The molecule has 0 unspecified atom stereocenters. The van der Waals surface area contributed by atoms with E-state index < -0.39 is 0 Å². The molecule has 14 heavy (non-hydrogen) atoms. The molecule has 72 valence electrons. The zero-order valence-electron chi connectivity index (χ0n) is 7.94. The van der Waals surface area contributed by atoms with Gasteiger partial charge in [-0.15, -0.1) is 0 Å². The molecule has 0 aliphatic rings. The number of benzene rings is 1. The lowest BCUT2D eigenvalue weighted by atomic mass is 10.1. The molecule has 0 aliphatic heterocycles. The summed E-state index contributed by atoms with van der Waals surface area (Å²) in [6.07, 6.45) is 0. The molecular weight excluding hydrogens is 353 g/mol. The van der Waals surface area contributed by atoms with E-state index in [1.807, 2.05) is 6.92 Å². The predicted molar refractivity (Wildman–Crippen MR) is 71.6 cm³/mol. The standard InChI is InChI=1S/C11H9BrIN/c1-6-3-4-9-8(5-6)10(12)11(13)7(2)14-9/h3-5H,1-2H3. The highest BCUT2D eigenvalue weighted by atomic mass is 127. The summed E-state index contributed by atoms with van der Waals surface area (Å²) in [5.74, 6) is 0. The SMILES string of the molecule is Cc1ccc2nc(C)c(I)c(Br)c2c1. The van der Waals surface area contributed by atoms with Gasteiger partial charge >= 0.3 is 0 Å². The Morgan fingerprint density at radius 3 is 2.71 bits per heavy atom. The Morgan fingerprint density at radius 2 is 2.00 bits per heavy atom. The number of aromatic nitrogens is 1. The molecule has 2 aromatic rings. The smallest absolute Gasteiger partial charge is 0.0717 e. The third-order valence-electron chi connectivity index (χ3n) is 2.19. The third kappa shape index (κ3) is 1.67. The van der Waals surface area contributed by atoms with E-state index in [1.54, 1.807) is 0 Å². The first-order valence-electron chi connectivity index (χ1n) is 4.31. The molecule has 0 saturated carbocycles. The van der Waals surface area contributed by atoms with Crippen molar-refractivity contribution in [1.29, 1.82) is 0 Å². The van der Waals surface area contributed by atoms with E-state index in [0.29, 0.717) is 0 Å². The summed E-state index contributed by atoms with van der Waals surface area (Å²) >= 11 is 5.94. The lowest BCUT2D eigenvalue weighted by Crippen LogP contribution is -1.91. The lowest BCUT2D eigenvalue weighted by Gasteiger charge is -2.06. The van der Waals surface area contributed by atoms with Crippen LogP contribution in [0, 0.1) is 17.4 Å².